The van der Waals surface area contributed by atoms with Crippen molar-refractivity contribution in [3.63, 3.8) is 0 Å². The largest absolute Gasteiger partial charge is 0.455 e. The molecule has 1 unspecified atom stereocenters. The molecular weight excluding hydrogens is 526 g/mol. The highest BCUT2D eigenvalue weighted by Gasteiger charge is 2.24. The normalized spacial score (nSPS) is 14.7. The predicted molar refractivity (Wildman–Crippen MR) is 176 cm³/mol. The van der Waals surface area contributed by atoms with E-state index in [4.69, 9.17) is 14.4 Å². The highest BCUT2D eigenvalue weighted by Crippen LogP contribution is 2.40. The van der Waals surface area contributed by atoms with E-state index in [1.165, 1.54) is 5.56 Å². The first-order valence-corrected chi connectivity index (χ1v) is 14.5. The molecule has 1 N–H and O–H groups in total. The summed E-state index contributed by atoms with van der Waals surface area (Å²) in [5, 5.41) is 5.63. The van der Waals surface area contributed by atoms with Crippen LogP contribution in [0.15, 0.2) is 166 Å². The second kappa shape index (κ2) is 10.6. The van der Waals surface area contributed by atoms with Crippen LogP contribution in [0, 0.1) is 0 Å². The summed E-state index contributed by atoms with van der Waals surface area (Å²) in [6.07, 6.45) is -0.454. The number of aliphatic imine (C=N–C) groups is 2. The second-order valence-corrected chi connectivity index (χ2v) is 10.6. The molecule has 1 aliphatic heterocycles. The summed E-state index contributed by atoms with van der Waals surface area (Å²) < 4.78 is 6.54. The lowest BCUT2D eigenvalue weighted by Gasteiger charge is -2.23. The van der Waals surface area contributed by atoms with E-state index < -0.39 is 6.17 Å². The van der Waals surface area contributed by atoms with Gasteiger partial charge in [-0.1, -0.05) is 146 Å². The third-order valence-corrected chi connectivity index (χ3v) is 7.97. The highest BCUT2D eigenvalue weighted by atomic mass is 16.3. The van der Waals surface area contributed by atoms with Crippen LogP contribution < -0.4 is 5.32 Å². The van der Waals surface area contributed by atoms with Crippen LogP contribution in [-0.2, 0) is 0 Å². The van der Waals surface area contributed by atoms with Gasteiger partial charge < -0.3 is 9.73 Å². The number of nitrogens with one attached hydrogen (secondary N) is 1. The number of hydrogen-bond acceptors (Lipinski definition) is 4. The minimum atomic E-state index is -0.454. The van der Waals surface area contributed by atoms with Crippen molar-refractivity contribution in [3.8, 4) is 22.3 Å². The Balaban J connectivity index is 1.28. The summed E-state index contributed by atoms with van der Waals surface area (Å²) in [4.78, 5) is 10.4. The van der Waals surface area contributed by atoms with Crippen LogP contribution in [0.5, 0.6) is 0 Å². The van der Waals surface area contributed by atoms with Crippen molar-refractivity contribution in [1.82, 2.24) is 5.32 Å². The Morgan fingerprint density at radius 2 is 1.00 bits per heavy atom. The van der Waals surface area contributed by atoms with Crippen molar-refractivity contribution < 1.29 is 4.42 Å². The molecule has 4 heteroatoms. The quantitative estimate of drug-likeness (QED) is 0.231. The molecule has 8 rings (SSSR count). The standard InChI is InChI=1S/C39H27N3O/c1-4-12-26(13-5-1)27-22-24-30(25-23-27)38-40-37(29-16-8-3-9-17-29)41-39(42-38)33-20-11-21-34-35(33)32-19-10-18-31(36(32)43-34)28-14-6-2-7-15-28/h1-25,39H,(H,40,41,42). The fraction of sp³-hybridized carbons (Fsp3) is 0.0256. The van der Waals surface area contributed by atoms with Gasteiger partial charge in [-0.3, -0.25) is 0 Å². The van der Waals surface area contributed by atoms with Crippen LogP contribution in [0.4, 0.5) is 0 Å². The number of fused-ring (bicyclic) bond motifs is 3. The Bertz CT molecular complexity index is 2130. The van der Waals surface area contributed by atoms with E-state index in [9.17, 15) is 0 Å². The molecule has 204 valence electrons. The van der Waals surface area contributed by atoms with Gasteiger partial charge in [0.15, 0.2) is 6.17 Å². The molecule has 7 aromatic rings. The van der Waals surface area contributed by atoms with Gasteiger partial charge >= 0.3 is 0 Å². The summed E-state index contributed by atoms with van der Waals surface area (Å²) in [7, 11) is 0. The third-order valence-electron chi connectivity index (χ3n) is 7.97. The molecule has 6 aromatic carbocycles. The van der Waals surface area contributed by atoms with Gasteiger partial charge in [0.2, 0.25) is 0 Å². The molecule has 0 aliphatic carbocycles. The number of rotatable bonds is 5. The monoisotopic (exact) mass is 553 g/mol. The van der Waals surface area contributed by atoms with E-state index in [0.717, 1.165) is 67.0 Å². The van der Waals surface area contributed by atoms with Crippen molar-refractivity contribution in [2.45, 2.75) is 6.17 Å². The fourth-order valence-electron chi connectivity index (χ4n) is 5.87. The molecule has 1 aromatic heterocycles. The van der Waals surface area contributed by atoms with Crippen molar-refractivity contribution in [2.75, 3.05) is 0 Å². The Labute approximate surface area is 249 Å². The lowest BCUT2D eigenvalue weighted by atomic mass is 9.99. The van der Waals surface area contributed by atoms with Gasteiger partial charge in [-0.05, 0) is 22.8 Å². The van der Waals surface area contributed by atoms with Crippen molar-refractivity contribution >= 4 is 33.6 Å². The topological polar surface area (TPSA) is 49.9 Å². The van der Waals surface area contributed by atoms with Crippen LogP contribution in [-0.4, -0.2) is 11.7 Å². The summed E-state index contributed by atoms with van der Waals surface area (Å²) in [5.74, 6) is 1.57. The fourth-order valence-corrected chi connectivity index (χ4v) is 5.87. The van der Waals surface area contributed by atoms with Crippen LogP contribution in [0.1, 0.15) is 22.9 Å². The van der Waals surface area contributed by atoms with Crippen molar-refractivity contribution in [1.29, 1.82) is 0 Å². The Hall–Kier alpha value is -5.74. The zero-order chi connectivity index (χ0) is 28.6. The smallest absolute Gasteiger partial charge is 0.170 e. The molecule has 0 radical (unpaired) electrons. The van der Waals surface area contributed by atoms with E-state index in [1.807, 2.05) is 42.5 Å². The van der Waals surface area contributed by atoms with Crippen molar-refractivity contribution in [2.24, 2.45) is 9.98 Å². The molecule has 0 fully saturated rings. The van der Waals surface area contributed by atoms with E-state index in [-0.39, 0.29) is 0 Å². The average molecular weight is 554 g/mol. The van der Waals surface area contributed by atoms with Gasteiger partial charge in [0, 0.05) is 33.0 Å². The van der Waals surface area contributed by atoms with E-state index in [0.29, 0.717) is 0 Å². The molecule has 0 spiro atoms. The molecule has 43 heavy (non-hydrogen) atoms. The summed E-state index contributed by atoms with van der Waals surface area (Å²) >= 11 is 0. The van der Waals surface area contributed by atoms with Crippen LogP contribution >= 0.6 is 0 Å². The molecule has 4 nitrogen and oxygen atoms in total. The van der Waals surface area contributed by atoms with Crippen LogP contribution in [0.25, 0.3) is 44.2 Å². The molecule has 0 amide bonds. The SMILES string of the molecule is c1ccc(C2=NC(c3cccc4oc5c(-c6ccccc6)cccc5c34)N=C(c3ccc(-c4ccccc4)cc3)N2)cc1. The number of para-hydroxylation sites is 1. The third kappa shape index (κ3) is 4.59. The Morgan fingerprint density at radius 1 is 0.465 bits per heavy atom. The van der Waals surface area contributed by atoms with E-state index >= 15 is 0 Å². The summed E-state index contributed by atoms with van der Waals surface area (Å²) in [5.41, 5.74) is 9.27. The first-order chi connectivity index (χ1) is 21.3. The Kier molecular flexibility index (Phi) is 6.16. The van der Waals surface area contributed by atoms with Crippen LogP contribution in [0.2, 0.25) is 0 Å². The van der Waals surface area contributed by atoms with Gasteiger partial charge in [0.05, 0.1) is 0 Å². The highest BCUT2D eigenvalue weighted by molar-refractivity contribution is 6.16. The summed E-state index contributed by atoms with van der Waals surface area (Å²) in [6, 6.07) is 52.1. The zero-order valence-corrected chi connectivity index (χ0v) is 23.3. The molecule has 2 heterocycles. The lowest BCUT2D eigenvalue weighted by Crippen LogP contribution is -2.36. The predicted octanol–water partition coefficient (Wildman–Crippen LogP) is 9.42. The van der Waals surface area contributed by atoms with Gasteiger partial charge in [-0.15, -0.1) is 0 Å². The van der Waals surface area contributed by atoms with Gasteiger partial charge in [-0.2, -0.15) is 0 Å². The van der Waals surface area contributed by atoms with Crippen LogP contribution in [0.3, 0.4) is 0 Å². The molecule has 0 bridgehead atoms. The van der Waals surface area contributed by atoms with Gasteiger partial charge in [0.1, 0.15) is 22.8 Å². The maximum atomic E-state index is 6.54. The van der Waals surface area contributed by atoms with Crippen molar-refractivity contribution in [3.05, 3.63) is 168 Å². The van der Waals surface area contributed by atoms with E-state index in [2.05, 4.69) is 115 Å². The minimum absolute atomic E-state index is 0.454. The average Bonchev–Trinajstić information content (AvgIpc) is 3.49. The minimum Gasteiger partial charge on any atom is -0.455 e. The number of benzene rings is 6. The van der Waals surface area contributed by atoms with E-state index in [1.54, 1.807) is 0 Å². The number of nitrogens with zero attached hydrogens (tertiary/aromatic N) is 2. The van der Waals surface area contributed by atoms with Gasteiger partial charge in [-0.25, -0.2) is 9.98 Å². The molecule has 0 saturated carbocycles. The Morgan fingerprint density at radius 3 is 1.67 bits per heavy atom. The maximum absolute atomic E-state index is 6.54. The van der Waals surface area contributed by atoms with Gasteiger partial charge in [0.25, 0.3) is 0 Å². The first-order valence-electron chi connectivity index (χ1n) is 14.5. The molecule has 0 saturated heterocycles. The summed E-state index contributed by atoms with van der Waals surface area (Å²) in [6.45, 7) is 0. The lowest BCUT2D eigenvalue weighted by molar-refractivity contribution is 0.668. The number of furan rings is 1. The molecule has 1 aliphatic rings. The zero-order valence-electron chi connectivity index (χ0n) is 23.3. The molecular formula is C39H27N3O. The number of amidine groups is 2. The first kappa shape index (κ1) is 25.0. The second-order valence-electron chi connectivity index (χ2n) is 10.6. The molecule has 1 atom stereocenters. The number of hydrogen-bond donors (Lipinski definition) is 1. The maximum Gasteiger partial charge on any atom is 0.170 e.